The average molecular weight is 280 g/mol. The highest BCUT2D eigenvalue weighted by molar-refractivity contribution is 9.11. The molecule has 0 saturated heterocycles. The number of guanidine groups is 1. The number of aliphatic imine (C=N–C) groups is 1. The van der Waals surface area contributed by atoms with E-state index in [-0.39, 0.29) is 0 Å². The maximum Gasteiger partial charge on any atom is 0.205 e. The normalized spacial score (nSPS) is 15.6. The fourth-order valence-electron chi connectivity index (χ4n) is 1.67. The predicted molar refractivity (Wildman–Crippen MR) is 71.9 cm³/mol. The summed E-state index contributed by atoms with van der Waals surface area (Å²) >= 11 is 3.46. The number of anilines is 1. The molecule has 3 nitrogen and oxygen atoms in total. The summed E-state index contributed by atoms with van der Waals surface area (Å²) in [5.74, 6) is 0.953. The first kappa shape index (κ1) is 11.2. The van der Waals surface area contributed by atoms with Gasteiger partial charge in [-0.15, -0.1) is 0 Å². The first-order valence-electron chi connectivity index (χ1n) is 5.11. The van der Waals surface area contributed by atoms with Gasteiger partial charge in [0, 0.05) is 30.5 Å². The van der Waals surface area contributed by atoms with Gasteiger partial charge in [-0.3, -0.25) is 0 Å². The average Bonchev–Trinajstić information content (AvgIpc) is 2.29. The van der Waals surface area contributed by atoms with Crippen LogP contribution in [0.15, 0.2) is 46.0 Å². The molecule has 0 amide bonds. The van der Waals surface area contributed by atoms with Gasteiger partial charge in [0.15, 0.2) is 0 Å². The molecule has 0 aliphatic carbocycles. The molecule has 0 spiro atoms. The summed E-state index contributed by atoms with van der Waals surface area (Å²) < 4.78 is 1.10. The number of para-hydroxylation sites is 1. The minimum absolute atomic E-state index is 0.857. The highest BCUT2D eigenvalue weighted by Crippen LogP contribution is 2.18. The molecule has 0 aromatic heterocycles. The minimum Gasteiger partial charge on any atom is -0.340 e. The molecule has 1 aromatic carbocycles. The molecule has 2 rings (SSSR count). The summed E-state index contributed by atoms with van der Waals surface area (Å²) in [6.07, 6.45) is 1.86. The maximum atomic E-state index is 4.43. The predicted octanol–water partition coefficient (Wildman–Crippen LogP) is 2.66. The Hall–Kier alpha value is -1.29. The Bertz CT molecular complexity index is 425. The van der Waals surface area contributed by atoms with Gasteiger partial charge in [-0.25, -0.2) is 4.99 Å². The zero-order chi connectivity index (χ0) is 11.5. The summed E-state index contributed by atoms with van der Waals surface area (Å²) in [6.45, 7) is 0.857. The number of hydrogen-bond donors (Lipinski definition) is 0. The Kier molecular flexibility index (Phi) is 3.29. The van der Waals surface area contributed by atoms with Crippen LogP contribution < -0.4 is 4.90 Å². The maximum absolute atomic E-state index is 4.43. The molecule has 1 aliphatic heterocycles. The van der Waals surface area contributed by atoms with E-state index < -0.39 is 0 Å². The smallest absolute Gasteiger partial charge is 0.205 e. The van der Waals surface area contributed by atoms with Gasteiger partial charge in [0.1, 0.15) is 0 Å². The Morgan fingerprint density at radius 2 is 2.00 bits per heavy atom. The van der Waals surface area contributed by atoms with E-state index in [2.05, 4.69) is 42.9 Å². The Morgan fingerprint density at radius 1 is 1.31 bits per heavy atom. The van der Waals surface area contributed by atoms with Crippen LogP contribution in [0.3, 0.4) is 0 Å². The lowest BCUT2D eigenvalue weighted by Gasteiger charge is -2.30. The van der Waals surface area contributed by atoms with Crippen molar-refractivity contribution in [2.24, 2.45) is 4.99 Å². The SMILES string of the molecule is CN1CC(Br)=CN=C1N(C)c1ccccc1. The molecule has 0 atom stereocenters. The van der Waals surface area contributed by atoms with E-state index in [1.807, 2.05) is 38.5 Å². The molecule has 0 bridgehead atoms. The highest BCUT2D eigenvalue weighted by Gasteiger charge is 2.16. The number of hydrogen-bond acceptors (Lipinski definition) is 3. The molecule has 1 aliphatic rings. The van der Waals surface area contributed by atoms with Crippen LogP contribution in [0.4, 0.5) is 5.69 Å². The van der Waals surface area contributed by atoms with Crippen LogP contribution in [0, 0.1) is 0 Å². The quantitative estimate of drug-likeness (QED) is 0.787. The molecule has 0 radical (unpaired) electrons. The third kappa shape index (κ3) is 2.27. The zero-order valence-corrected chi connectivity index (χ0v) is 11.0. The molecule has 0 N–H and O–H groups in total. The molecule has 0 saturated carbocycles. The number of nitrogens with zero attached hydrogens (tertiary/aromatic N) is 3. The van der Waals surface area contributed by atoms with Crippen molar-refractivity contribution in [1.29, 1.82) is 0 Å². The van der Waals surface area contributed by atoms with Gasteiger partial charge >= 0.3 is 0 Å². The lowest BCUT2D eigenvalue weighted by Crippen LogP contribution is -2.42. The summed E-state index contributed by atoms with van der Waals surface area (Å²) in [6, 6.07) is 10.2. The van der Waals surface area contributed by atoms with E-state index in [9.17, 15) is 0 Å². The lowest BCUT2D eigenvalue weighted by atomic mass is 10.3. The molecule has 1 aromatic rings. The third-order valence-electron chi connectivity index (χ3n) is 2.49. The Labute approximate surface area is 104 Å². The number of rotatable bonds is 1. The third-order valence-corrected chi connectivity index (χ3v) is 2.95. The fraction of sp³-hybridized carbons (Fsp3) is 0.250. The van der Waals surface area contributed by atoms with Gasteiger partial charge in [-0.05, 0) is 12.1 Å². The summed E-state index contributed by atoms with van der Waals surface area (Å²) in [5.41, 5.74) is 1.14. The molecule has 16 heavy (non-hydrogen) atoms. The number of benzene rings is 1. The molecule has 0 unspecified atom stereocenters. The summed E-state index contributed by atoms with van der Waals surface area (Å²) in [7, 11) is 4.06. The molecule has 1 heterocycles. The van der Waals surface area contributed by atoms with Crippen LogP contribution in [0.5, 0.6) is 0 Å². The van der Waals surface area contributed by atoms with Gasteiger partial charge in [0.2, 0.25) is 5.96 Å². The second kappa shape index (κ2) is 4.70. The van der Waals surface area contributed by atoms with Crippen molar-refractivity contribution in [1.82, 2.24) is 4.90 Å². The second-order valence-corrected chi connectivity index (χ2v) is 4.77. The molecule has 84 valence electrons. The van der Waals surface area contributed by atoms with Crippen molar-refractivity contribution < 1.29 is 0 Å². The van der Waals surface area contributed by atoms with Crippen molar-refractivity contribution in [3.63, 3.8) is 0 Å². The van der Waals surface area contributed by atoms with E-state index in [0.29, 0.717) is 0 Å². The first-order valence-corrected chi connectivity index (χ1v) is 5.90. The van der Waals surface area contributed by atoms with Gasteiger partial charge in [-0.1, -0.05) is 34.1 Å². The first-order chi connectivity index (χ1) is 7.68. The van der Waals surface area contributed by atoms with Crippen LogP contribution in [-0.2, 0) is 0 Å². The highest BCUT2D eigenvalue weighted by atomic mass is 79.9. The van der Waals surface area contributed by atoms with E-state index in [1.165, 1.54) is 0 Å². The monoisotopic (exact) mass is 279 g/mol. The molecular weight excluding hydrogens is 266 g/mol. The van der Waals surface area contributed by atoms with Crippen LogP contribution in [0.25, 0.3) is 0 Å². The molecule has 4 heteroatoms. The van der Waals surface area contributed by atoms with E-state index in [1.54, 1.807) is 0 Å². The largest absolute Gasteiger partial charge is 0.340 e. The van der Waals surface area contributed by atoms with Crippen molar-refractivity contribution in [2.75, 3.05) is 25.5 Å². The van der Waals surface area contributed by atoms with E-state index >= 15 is 0 Å². The fourth-order valence-corrected chi connectivity index (χ4v) is 2.15. The minimum atomic E-state index is 0.857. The number of likely N-dealkylation sites (N-methyl/N-ethyl adjacent to an activating group) is 1. The van der Waals surface area contributed by atoms with Crippen LogP contribution >= 0.6 is 15.9 Å². The van der Waals surface area contributed by atoms with Crippen LogP contribution in [-0.4, -0.2) is 31.5 Å². The van der Waals surface area contributed by atoms with Crippen molar-refractivity contribution in [3.8, 4) is 0 Å². The van der Waals surface area contributed by atoms with Crippen LogP contribution in [0.2, 0.25) is 0 Å². The standard InChI is InChI=1S/C12H14BrN3/c1-15-9-10(13)8-14-12(15)16(2)11-6-4-3-5-7-11/h3-8H,9H2,1-2H3. The van der Waals surface area contributed by atoms with Crippen molar-refractivity contribution in [2.45, 2.75) is 0 Å². The summed E-state index contributed by atoms with van der Waals surface area (Å²) in [4.78, 5) is 8.61. The summed E-state index contributed by atoms with van der Waals surface area (Å²) in [5, 5.41) is 0. The van der Waals surface area contributed by atoms with E-state index in [4.69, 9.17) is 0 Å². The molecule has 0 fully saturated rings. The van der Waals surface area contributed by atoms with Gasteiger partial charge in [0.05, 0.1) is 6.54 Å². The van der Waals surface area contributed by atoms with Gasteiger partial charge < -0.3 is 9.80 Å². The van der Waals surface area contributed by atoms with Crippen molar-refractivity contribution >= 4 is 27.6 Å². The van der Waals surface area contributed by atoms with Crippen molar-refractivity contribution in [3.05, 3.63) is 41.0 Å². The van der Waals surface area contributed by atoms with E-state index in [0.717, 1.165) is 22.7 Å². The van der Waals surface area contributed by atoms with Gasteiger partial charge in [0.25, 0.3) is 0 Å². The lowest BCUT2D eigenvalue weighted by molar-refractivity contribution is 0.542. The topological polar surface area (TPSA) is 18.8 Å². The number of halogens is 1. The zero-order valence-electron chi connectivity index (χ0n) is 9.39. The Morgan fingerprint density at radius 3 is 2.62 bits per heavy atom. The van der Waals surface area contributed by atoms with Gasteiger partial charge in [-0.2, -0.15) is 0 Å². The second-order valence-electron chi connectivity index (χ2n) is 3.76. The van der Waals surface area contributed by atoms with Crippen LogP contribution in [0.1, 0.15) is 0 Å². The molecular formula is C12H14BrN3. The Balaban J connectivity index is 2.26.